The lowest BCUT2D eigenvalue weighted by atomic mass is 9.60. The SMILES string of the molecule is O=C(c1ccc2n[nH]nc2c1)N1C[C@@H]2C3CN(C(=O)c4ccc(-c5ccc(Cl)cc5)cn4)CC3[C@@H]2C1. The molecule has 36 heavy (non-hydrogen) atoms. The third kappa shape index (κ3) is 3.39. The summed E-state index contributed by atoms with van der Waals surface area (Å²) in [6.45, 7) is 2.96. The van der Waals surface area contributed by atoms with E-state index in [4.69, 9.17) is 11.6 Å². The molecule has 2 aliphatic heterocycles. The molecule has 0 bridgehead atoms. The lowest BCUT2D eigenvalue weighted by Crippen LogP contribution is -2.44. The van der Waals surface area contributed by atoms with Gasteiger partial charge < -0.3 is 9.80 Å². The number of carbonyl (C=O) groups excluding carboxylic acids is 2. The Hall–Kier alpha value is -3.78. The molecule has 4 atom stereocenters. The third-order valence-corrected chi connectivity index (χ3v) is 8.47. The molecule has 4 aromatic rings. The number of fused-ring (bicyclic) bond motifs is 5. The normalized spacial score (nSPS) is 24.5. The number of likely N-dealkylation sites (tertiary alicyclic amines) is 2. The lowest BCUT2D eigenvalue weighted by Gasteiger charge is -2.42. The van der Waals surface area contributed by atoms with Gasteiger partial charge in [0.2, 0.25) is 0 Å². The van der Waals surface area contributed by atoms with Gasteiger partial charge in [-0.05, 0) is 65.6 Å². The molecule has 2 saturated heterocycles. The van der Waals surface area contributed by atoms with Gasteiger partial charge in [-0.25, -0.2) is 0 Å². The number of aromatic nitrogens is 4. The molecule has 9 heteroatoms. The van der Waals surface area contributed by atoms with Crippen molar-refractivity contribution in [2.75, 3.05) is 26.2 Å². The zero-order valence-corrected chi connectivity index (χ0v) is 20.1. The van der Waals surface area contributed by atoms with Gasteiger partial charge in [-0.2, -0.15) is 15.4 Å². The van der Waals surface area contributed by atoms with Crippen LogP contribution in [0.4, 0.5) is 0 Å². The first-order chi connectivity index (χ1) is 17.5. The second-order valence-corrected chi connectivity index (χ2v) is 10.5. The quantitative estimate of drug-likeness (QED) is 0.464. The number of pyridine rings is 1. The van der Waals surface area contributed by atoms with E-state index in [9.17, 15) is 9.59 Å². The number of nitrogens with zero attached hydrogens (tertiary/aromatic N) is 5. The monoisotopic (exact) mass is 498 g/mol. The van der Waals surface area contributed by atoms with Gasteiger partial charge in [0.15, 0.2) is 0 Å². The van der Waals surface area contributed by atoms with Crippen LogP contribution in [0.2, 0.25) is 5.02 Å². The van der Waals surface area contributed by atoms with Crippen LogP contribution < -0.4 is 0 Å². The van der Waals surface area contributed by atoms with E-state index in [1.165, 1.54) is 0 Å². The molecule has 2 amide bonds. The summed E-state index contributed by atoms with van der Waals surface area (Å²) in [5, 5.41) is 11.4. The van der Waals surface area contributed by atoms with Crippen LogP contribution in [0.5, 0.6) is 0 Å². The molecule has 3 fully saturated rings. The molecule has 2 aromatic heterocycles. The van der Waals surface area contributed by atoms with Crippen molar-refractivity contribution in [3.05, 3.63) is 77.1 Å². The summed E-state index contributed by atoms with van der Waals surface area (Å²) >= 11 is 5.98. The molecule has 1 saturated carbocycles. The summed E-state index contributed by atoms with van der Waals surface area (Å²) < 4.78 is 0. The summed E-state index contributed by atoms with van der Waals surface area (Å²) in [6, 6.07) is 16.8. The number of hydrogen-bond donors (Lipinski definition) is 1. The Morgan fingerprint density at radius 3 is 2.00 bits per heavy atom. The number of carbonyl (C=O) groups is 2. The Kier molecular flexibility index (Phi) is 4.86. The third-order valence-electron chi connectivity index (χ3n) is 8.22. The van der Waals surface area contributed by atoms with Crippen molar-refractivity contribution in [1.29, 1.82) is 0 Å². The average molecular weight is 499 g/mol. The molecule has 0 radical (unpaired) electrons. The lowest BCUT2D eigenvalue weighted by molar-refractivity contribution is 0.0629. The van der Waals surface area contributed by atoms with Crippen molar-refractivity contribution < 1.29 is 9.59 Å². The van der Waals surface area contributed by atoms with Gasteiger partial charge in [-0.3, -0.25) is 14.6 Å². The number of H-pyrrole nitrogens is 1. The highest BCUT2D eigenvalue weighted by molar-refractivity contribution is 6.30. The molecule has 4 heterocycles. The summed E-state index contributed by atoms with van der Waals surface area (Å²) in [6.07, 6.45) is 1.75. The fraction of sp³-hybridized carbons (Fsp3) is 0.296. The Labute approximate surface area is 212 Å². The minimum atomic E-state index is -0.0148. The van der Waals surface area contributed by atoms with Crippen LogP contribution in [0.3, 0.4) is 0 Å². The van der Waals surface area contributed by atoms with Crippen molar-refractivity contribution in [3.8, 4) is 11.1 Å². The molecular weight excluding hydrogens is 476 g/mol. The topological polar surface area (TPSA) is 95.1 Å². The highest BCUT2D eigenvalue weighted by atomic mass is 35.5. The van der Waals surface area contributed by atoms with Crippen LogP contribution in [0.1, 0.15) is 20.8 Å². The maximum Gasteiger partial charge on any atom is 0.272 e. The van der Waals surface area contributed by atoms with Gasteiger partial charge in [-0.1, -0.05) is 29.8 Å². The van der Waals surface area contributed by atoms with Gasteiger partial charge in [0.25, 0.3) is 11.8 Å². The fourth-order valence-corrected chi connectivity index (χ4v) is 6.48. The minimum absolute atomic E-state index is 0.0148. The van der Waals surface area contributed by atoms with Crippen molar-refractivity contribution in [1.82, 2.24) is 30.2 Å². The maximum absolute atomic E-state index is 13.2. The second kappa shape index (κ2) is 8.13. The molecule has 1 aliphatic carbocycles. The van der Waals surface area contributed by atoms with Crippen molar-refractivity contribution in [2.45, 2.75) is 0 Å². The van der Waals surface area contributed by atoms with Crippen LogP contribution in [0, 0.1) is 23.7 Å². The molecule has 2 unspecified atom stereocenters. The molecule has 2 aromatic carbocycles. The minimum Gasteiger partial charge on any atom is -0.338 e. The van der Waals surface area contributed by atoms with E-state index in [2.05, 4.69) is 20.4 Å². The van der Waals surface area contributed by atoms with E-state index in [1.807, 2.05) is 52.3 Å². The molecule has 3 aliphatic rings. The second-order valence-electron chi connectivity index (χ2n) is 10.0. The average Bonchev–Trinajstić information content (AvgIpc) is 3.62. The number of aromatic amines is 1. The maximum atomic E-state index is 13.2. The standard InChI is InChI=1S/C27H23ClN6O2/c28-18-5-1-15(2-6-18)17-4-8-24(29-10-17)27(36)34-13-21-19-11-33(12-20(19)22(21)14-34)26(35)16-3-7-23-25(9-16)31-32-30-23/h1-10,19-22H,11-14H2,(H,30,31,32)/t19-,20+,21?,22?. The van der Waals surface area contributed by atoms with Crippen LogP contribution >= 0.6 is 11.6 Å². The summed E-state index contributed by atoms with van der Waals surface area (Å²) in [5.41, 5.74) is 4.53. The summed E-state index contributed by atoms with van der Waals surface area (Å²) in [4.78, 5) is 34.7. The largest absolute Gasteiger partial charge is 0.338 e. The van der Waals surface area contributed by atoms with Gasteiger partial charge in [0.05, 0.1) is 0 Å². The van der Waals surface area contributed by atoms with Gasteiger partial charge in [0.1, 0.15) is 16.7 Å². The van der Waals surface area contributed by atoms with E-state index in [-0.39, 0.29) is 11.8 Å². The first-order valence-electron chi connectivity index (χ1n) is 12.2. The van der Waals surface area contributed by atoms with Crippen LogP contribution in [0.25, 0.3) is 22.2 Å². The van der Waals surface area contributed by atoms with E-state index in [0.717, 1.165) is 42.8 Å². The smallest absolute Gasteiger partial charge is 0.272 e. The van der Waals surface area contributed by atoms with Gasteiger partial charge >= 0.3 is 0 Å². The Morgan fingerprint density at radius 2 is 1.36 bits per heavy atom. The van der Waals surface area contributed by atoms with E-state index in [1.54, 1.807) is 18.3 Å². The summed E-state index contributed by atoms with van der Waals surface area (Å²) in [7, 11) is 0. The number of hydrogen-bond acceptors (Lipinski definition) is 5. The molecule has 180 valence electrons. The van der Waals surface area contributed by atoms with Crippen molar-refractivity contribution in [3.63, 3.8) is 0 Å². The first-order valence-corrected chi connectivity index (χ1v) is 12.5. The van der Waals surface area contributed by atoms with Gasteiger partial charge in [-0.15, -0.1) is 0 Å². The Bertz CT molecular complexity index is 1460. The van der Waals surface area contributed by atoms with E-state index in [0.29, 0.717) is 45.5 Å². The van der Waals surface area contributed by atoms with Crippen LogP contribution in [-0.4, -0.2) is 68.2 Å². The number of rotatable bonds is 3. The summed E-state index contributed by atoms with van der Waals surface area (Å²) in [5.74, 6) is 1.83. The van der Waals surface area contributed by atoms with Crippen molar-refractivity contribution in [2.24, 2.45) is 23.7 Å². The van der Waals surface area contributed by atoms with Crippen molar-refractivity contribution >= 4 is 34.4 Å². The predicted octanol–water partition coefficient (Wildman–Crippen LogP) is 3.76. The zero-order chi connectivity index (χ0) is 24.4. The van der Waals surface area contributed by atoms with Crippen LogP contribution in [0.15, 0.2) is 60.8 Å². The highest BCUT2D eigenvalue weighted by Gasteiger charge is 2.59. The first kappa shape index (κ1) is 21.5. The Morgan fingerprint density at radius 1 is 0.750 bits per heavy atom. The molecular formula is C27H23ClN6O2. The number of halogens is 1. The fourth-order valence-electron chi connectivity index (χ4n) is 6.36. The van der Waals surface area contributed by atoms with Gasteiger partial charge in [0, 0.05) is 48.5 Å². The highest BCUT2D eigenvalue weighted by Crippen LogP contribution is 2.54. The van der Waals surface area contributed by atoms with E-state index >= 15 is 0 Å². The number of benzene rings is 2. The van der Waals surface area contributed by atoms with Crippen LogP contribution in [-0.2, 0) is 0 Å². The molecule has 0 spiro atoms. The zero-order valence-electron chi connectivity index (χ0n) is 19.3. The Balaban J connectivity index is 1.00. The van der Waals surface area contributed by atoms with E-state index < -0.39 is 0 Å². The number of nitrogens with one attached hydrogen (secondary N) is 1. The molecule has 8 nitrogen and oxygen atoms in total. The molecule has 1 N–H and O–H groups in total. The molecule has 7 rings (SSSR count). The number of amides is 2. The predicted molar refractivity (Wildman–Crippen MR) is 134 cm³/mol.